The number of benzene rings is 2. The van der Waals surface area contributed by atoms with E-state index in [0.29, 0.717) is 30.5 Å². The van der Waals surface area contributed by atoms with E-state index in [2.05, 4.69) is 9.80 Å². The van der Waals surface area contributed by atoms with Crippen molar-refractivity contribution in [3.8, 4) is 5.75 Å². The largest absolute Gasteiger partial charge is 0.484 e. The van der Waals surface area contributed by atoms with Gasteiger partial charge in [0.15, 0.2) is 6.61 Å². The zero-order valence-electron chi connectivity index (χ0n) is 17.4. The summed E-state index contributed by atoms with van der Waals surface area (Å²) in [6.07, 6.45) is -0.00870. The van der Waals surface area contributed by atoms with Gasteiger partial charge in [0.05, 0.1) is 12.7 Å². The molecule has 2 saturated heterocycles. The standard InChI is InChI=1S/C23H27ClFN3O3/c24-18-1-7-21(8-2-18)31-17-23(29)28-13-14-30-22(16-28)15-26-9-11-27(12-10-26)20-5-3-19(25)4-6-20/h1-8,22H,9-17H2/t22-/m1/s1. The van der Waals surface area contributed by atoms with Crippen molar-refractivity contribution in [3.63, 3.8) is 0 Å². The summed E-state index contributed by atoms with van der Waals surface area (Å²) in [6.45, 7) is 6.07. The molecule has 1 amide bonds. The molecule has 2 aromatic carbocycles. The SMILES string of the molecule is O=C(COc1ccc(Cl)cc1)N1CCO[C@H](CN2CCN(c3ccc(F)cc3)CC2)C1. The molecule has 166 valence electrons. The molecule has 2 fully saturated rings. The van der Waals surface area contributed by atoms with Gasteiger partial charge < -0.3 is 19.3 Å². The first-order chi connectivity index (χ1) is 15.1. The minimum Gasteiger partial charge on any atom is -0.484 e. The average Bonchev–Trinajstić information content (AvgIpc) is 2.80. The van der Waals surface area contributed by atoms with E-state index in [1.54, 1.807) is 24.3 Å². The van der Waals surface area contributed by atoms with Gasteiger partial charge in [0.2, 0.25) is 0 Å². The van der Waals surface area contributed by atoms with Crippen molar-refractivity contribution >= 4 is 23.2 Å². The van der Waals surface area contributed by atoms with Crippen molar-refractivity contribution in [1.29, 1.82) is 0 Å². The van der Waals surface area contributed by atoms with Crippen LogP contribution in [0.4, 0.5) is 10.1 Å². The summed E-state index contributed by atoms with van der Waals surface area (Å²) in [6, 6.07) is 13.6. The van der Waals surface area contributed by atoms with Crippen LogP contribution in [-0.2, 0) is 9.53 Å². The first-order valence-electron chi connectivity index (χ1n) is 10.6. The highest BCUT2D eigenvalue weighted by atomic mass is 35.5. The van der Waals surface area contributed by atoms with Gasteiger partial charge in [-0.3, -0.25) is 9.69 Å². The third kappa shape index (κ3) is 6.09. The second kappa shape index (κ2) is 10.3. The van der Waals surface area contributed by atoms with E-state index in [4.69, 9.17) is 21.1 Å². The molecular weight excluding hydrogens is 421 g/mol. The van der Waals surface area contributed by atoms with Crippen LogP contribution in [0.2, 0.25) is 5.02 Å². The lowest BCUT2D eigenvalue weighted by Crippen LogP contribution is -2.54. The van der Waals surface area contributed by atoms with Crippen LogP contribution in [0.3, 0.4) is 0 Å². The van der Waals surface area contributed by atoms with Gasteiger partial charge in [0.25, 0.3) is 5.91 Å². The van der Waals surface area contributed by atoms with Crippen LogP contribution >= 0.6 is 11.6 Å². The Morgan fingerprint density at radius 2 is 1.74 bits per heavy atom. The molecule has 31 heavy (non-hydrogen) atoms. The second-order valence-corrected chi connectivity index (χ2v) is 8.28. The van der Waals surface area contributed by atoms with Crippen LogP contribution in [0.15, 0.2) is 48.5 Å². The Labute approximate surface area is 187 Å². The van der Waals surface area contributed by atoms with Gasteiger partial charge in [-0.25, -0.2) is 4.39 Å². The summed E-state index contributed by atoms with van der Waals surface area (Å²) in [4.78, 5) is 19.0. The van der Waals surface area contributed by atoms with Crippen molar-refractivity contribution in [3.05, 3.63) is 59.4 Å². The molecule has 0 aromatic heterocycles. The number of nitrogens with zero attached hydrogens (tertiary/aromatic N) is 3. The van der Waals surface area contributed by atoms with Crippen molar-refractivity contribution in [2.24, 2.45) is 0 Å². The number of amides is 1. The minimum atomic E-state index is -0.213. The van der Waals surface area contributed by atoms with Crippen LogP contribution in [0, 0.1) is 5.82 Å². The van der Waals surface area contributed by atoms with Crippen LogP contribution in [-0.4, -0.2) is 80.8 Å². The zero-order chi connectivity index (χ0) is 21.6. The number of piperazine rings is 1. The van der Waals surface area contributed by atoms with Crippen molar-refractivity contribution in [2.45, 2.75) is 6.10 Å². The lowest BCUT2D eigenvalue weighted by molar-refractivity contribution is -0.141. The van der Waals surface area contributed by atoms with Gasteiger partial charge >= 0.3 is 0 Å². The van der Waals surface area contributed by atoms with Gasteiger partial charge in [-0.2, -0.15) is 0 Å². The first-order valence-corrected chi connectivity index (χ1v) is 11.0. The molecule has 0 bridgehead atoms. The molecule has 0 saturated carbocycles. The number of hydrogen-bond donors (Lipinski definition) is 0. The van der Waals surface area contributed by atoms with Gasteiger partial charge in [-0.05, 0) is 48.5 Å². The Morgan fingerprint density at radius 3 is 2.45 bits per heavy atom. The van der Waals surface area contributed by atoms with Gasteiger partial charge in [0, 0.05) is 56.5 Å². The van der Waals surface area contributed by atoms with E-state index in [1.807, 2.05) is 17.0 Å². The Hall–Kier alpha value is -2.35. The maximum atomic E-state index is 13.1. The van der Waals surface area contributed by atoms with Crippen LogP contribution in [0.5, 0.6) is 5.75 Å². The van der Waals surface area contributed by atoms with E-state index in [9.17, 15) is 9.18 Å². The number of anilines is 1. The summed E-state index contributed by atoms with van der Waals surface area (Å²) < 4.78 is 24.6. The summed E-state index contributed by atoms with van der Waals surface area (Å²) in [5.74, 6) is 0.375. The van der Waals surface area contributed by atoms with E-state index in [1.165, 1.54) is 12.1 Å². The van der Waals surface area contributed by atoms with Gasteiger partial charge in [-0.1, -0.05) is 11.6 Å². The number of hydrogen-bond acceptors (Lipinski definition) is 5. The lowest BCUT2D eigenvalue weighted by atomic mass is 10.2. The Morgan fingerprint density at radius 1 is 1.03 bits per heavy atom. The Bertz CT molecular complexity index is 857. The number of ether oxygens (including phenoxy) is 2. The third-order valence-corrected chi connectivity index (χ3v) is 5.95. The molecule has 2 aliphatic rings. The van der Waals surface area contributed by atoms with Crippen LogP contribution in [0.1, 0.15) is 0 Å². The van der Waals surface area contributed by atoms with E-state index in [-0.39, 0.29) is 24.4 Å². The number of carbonyl (C=O) groups excluding carboxylic acids is 1. The summed E-state index contributed by atoms with van der Waals surface area (Å²) in [7, 11) is 0. The molecule has 0 radical (unpaired) electrons. The highest BCUT2D eigenvalue weighted by Gasteiger charge is 2.27. The predicted octanol–water partition coefficient (Wildman–Crippen LogP) is 2.91. The number of carbonyl (C=O) groups is 1. The van der Waals surface area contributed by atoms with Crippen molar-refractivity contribution < 1.29 is 18.7 Å². The maximum absolute atomic E-state index is 13.1. The smallest absolute Gasteiger partial charge is 0.260 e. The summed E-state index contributed by atoms with van der Waals surface area (Å²) >= 11 is 5.87. The lowest BCUT2D eigenvalue weighted by Gasteiger charge is -2.40. The molecule has 2 aromatic rings. The normalized spacial score (nSPS) is 20.0. The average molecular weight is 448 g/mol. The highest BCUT2D eigenvalue weighted by Crippen LogP contribution is 2.18. The van der Waals surface area contributed by atoms with Crippen LogP contribution < -0.4 is 9.64 Å². The summed E-state index contributed by atoms with van der Waals surface area (Å²) in [5.41, 5.74) is 1.05. The Kier molecular flexibility index (Phi) is 7.27. The zero-order valence-corrected chi connectivity index (χ0v) is 18.1. The molecule has 0 unspecified atom stereocenters. The van der Waals surface area contributed by atoms with E-state index >= 15 is 0 Å². The molecule has 6 nitrogen and oxygen atoms in total. The molecule has 4 rings (SSSR count). The van der Waals surface area contributed by atoms with Gasteiger partial charge in [-0.15, -0.1) is 0 Å². The quantitative estimate of drug-likeness (QED) is 0.681. The van der Waals surface area contributed by atoms with E-state index < -0.39 is 0 Å². The number of rotatable bonds is 6. The van der Waals surface area contributed by atoms with Crippen LogP contribution in [0.25, 0.3) is 0 Å². The fraction of sp³-hybridized carbons (Fsp3) is 0.435. The predicted molar refractivity (Wildman–Crippen MR) is 118 cm³/mol. The molecule has 1 atom stereocenters. The fourth-order valence-electron chi connectivity index (χ4n) is 3.95. The Balaban J connectivity index is 1.21. The minimum absolute atomic E-state index is 0.00466. The monoisotopic (exact) mass is 447 g/mol. The van der Waals surface area contributed by atoms with Gasteiger partial charge in [0.1, 0.15) is 11.6 Å². The topological polar surface area (TPSA) is 45.2 Å². The molecule has 0 aliphatic carbocycles. The summed E-state index contributed by atoms with van der Waals surface area (Å²) in [5, 5.41) is 0.633. The van der Waals surface area contributed by atoms with Crippen molar-refractivity contribution in [2.75, 3.05) is 63.9 Å². The van der Waals surface area contributed by atoms with Crippen molar-refractivity contribution in [1.82, 2.24) is 9.80 Å². The van der Waals surface area contributed by atoms with E-state index in [0.717, 1.165) is 38.4 Å². The third-order valence-electron chi connectivity index (χ3n) is 5.69. The highest BCUT2D eigenvalue weighted by molar-refractivity contribution is 6.30. The molecule has 8 heteroatoms. The fourth-order valence-corrected chi connectivity index (χ4v) is 4.08. The second-order valence-electron chi connectivity index (χ2n) is 7.84. The first kappa shape index (κ1) is 21.9. The number of halogens is 2. The molecule has 2 heterocycles. The molecule has 0 spiro atoms. The molecule has 0 N–H and O–H groups in total. The molecule has 2 aliphatic heterocycles. The molecular formula is C23H27ClFN3O3. The number of morpholine rings is 1. The maximum Gasteiger partial charge on any atom is 0.260 e.